The summed E-state index contributed by atoms with van der Waals surface area (Å²) in [7, 11) is -0.917. The van der Waals surface area contributed by atoms with E-state index in [9.17, 15) is 0 Å². The summed E-state index contributed by atoms with van der Waals surface area (Å²) >= 11 is 0. The van der Waals surface area contributed by atoms with E-state index in [1.807, 2.05) is 0 Å². The Morgan fingerprint density at radius 2 is 1.25 bits per heavy atom. The van der Waals surface area contributed by atoms with Gasteiger partial charge in [0.25, 0.3) is 0 Å². The Balaban J connectivity index is 0. The molecular weight excluding hydrogens is 128 g/mol. The second kappa shape index (κ2) is 9.02. The van der Waals surface area contributed by atoms with Crippen molar-refractivity contribution in [3.05, 3.63) is 0 Å². The molecule has 0 saturated carbocycles. The molecule has 4 heavy (non-hydrogen) atoms. The normalized spacial score (nSPS) is 4.50. The van der Waals surface area contributed by atoms with E-state index in [1.54, 1.807) is 0 Å². The average Bonchev–Trinajstić information content (AvgIpc) is 0.918. The van der Waals surface area contributed by atoms with Crippen LogP contribution in [0.4, 0.5) is 0 Å². The average molecular weight is 131 g/mol. The van der Waals surface area contributed by atoms with Gasteiger partial charge in [0.1, 0.15) is 9.03 Å². The molecule has 0 bridgehead atoms. The van der Waals surface area contributed by atoms with Crippen LogP contribution in [0.1, 0.15) is 0 Å². The van der Waals surface area contributed by atoms with E-state index in [-0.39, 0.29) is 19.5 Å². The molecule has 0 aliphatic heterocycles. The van der Waals surface area contributed by atoms with Gasteiger partial charge in [0.05, 0.1) is 0 Å². The van der Waals surface area contributed by atoms with Crippen molar-refractivity contribution in [1.29, 1.82) is 0 Å². The van der Waals surface area contributed by atoms with E-state index >= 15 is 0 Å². The van der Waals surface area contributed by atoms with Crippen LogP contribution in [-0.4, -0.2) is 9.79 Å². The molecule has 0 heterocycles. The molecule has 0 aliphatic carbocycles. The maximum Gasteiger partial charge on any atom is 0.149 e. The summed E-state index contributed by atoms with van der Waals surface area (Å²) in [6.45, 7) is 0. The predicted octanol–water partition coefficient (Wildman–Crippen LogP) is -0.523. The smallest absolute Gasteiger partial charge is 0.149 e. The van der Waals surface area contributed by atoms with E-state index in [2.05, 4.69) is 0 Å². The molecular formula is H3O2PZn. The summed E-state index contributed by atoms with van der Waals surface area (Å²) in [6, 6.07) is 0. The SMILES string of the molecule is OPO.[Zn]. The van der Waals surface area contributed by atoms with Crippen molar-refractivity contribution < 1.29 is 29.3 Å². The Kier molecular flexibility index (Phi) is 20.0. The van der Waals surface area contributed by atoms with Gasteiger partial charge in [-0.05, 0) is 0 Å². The number of hydrogen-bond donors (Lipinski definition) is 2. The summed E-state index contributed by atoms with van der Waals surface area (Å²) in [4.78, 5) is 14.3. The molecule has 0 saturated heterocycles. The van der Waals surface area contributed by atoms with Gasteiger partial charge in [0.2, 0.25) is 0 Å². The quantitative estimate of drug-likeness (QED) is 0.343. The zero-order valence-corrected chi connectivity index (χ0v) is 6.07. The van der Waals surface area contributed by atoms with Crippen LogP contribution < -0.4 is 0 Å². The minimum Gasteiger partial charge on any atom is -0.352 e. The molecule has 0 spiro atoms. The molecule has 0 amide bonds. The van der Waals surface area contributed by atoms with Crippen LogP contribution in [0.15, 0.2) is 0 Å². The summed E-state index contributed by atoms with van der Waals surface area (Å²) in [5.74, 6) is 0. The molecule has 0 aliphatic rings. The second-order valence-electron chi connectivity index (χ2n) is 0.100. The van der Waals surface area contributed by atoms with Crippen LogP contribution in [0, 0.1) is 0 Å². The van der Waals surface area contributed by atoms with Crippen molar-refractivity contribution in [3.63, 3.8) is 0 Å². The molecule has 0 aromatic heterocycles. The van der Waals surface area contributed by atoms with Crippen LogP contribution in [-0.2, 0) is 19.5 Å². The molecule has 0 radical (unpaired) electrons. The van der Waals surface area contributed by atoms with Crippen molar-refractivity contribution in [2.24, 2.45) is 0 Å². The zero-order valence-electron chi connectivity index (χ0n) is 2.10. The molecule has 0 aromatic carbocycles. The van der Waals surface area contributed by atoms with E-state index in [1.165, 1.54) is 0 Å². The van der Waals surface area contributed by atoms with E-state index < -0.39 is 9.03 Å². The van der Waals surface area contributed by atoms with Gasteiger partial charge in [0, 0.05) is 19.5 Å². The Hall–Kier alpha value is 0.973. The largest absolute Gasteiger partial charge is 0.352 e. The van der Waals surface area contributed by atoms with Gasteiger partial charge in [-0.3, -0.25) is 0 Å². The maximum atomic E-state index is 7.15. The molecule has 2 nitrogen and oxygen atoms in total. The van der Waals surface area contributed by atoms with Crippen molar-refractivity contribution in [3.8, 4) is 0 Å². The number of rotatable bonds is 0. The Morgan fingerprint density at radius 1 is 1.25 bits per heavy atom. The van der Waals surface area contributed by atoms with Gasteiger partial charge in [0.15, 0.2) is 0 Å². The molecule has 0 fully saturated rings. The fourth-order valence-corrected chi connectivity index (χ4v) is 0. The van der Waals surface area contributed by atoms with Crippen LogP contribution in [0.25, 0.3) is 0 Å². The molecule has 0 atom stereocenters. The van der Waals surface area contributed by atoms with Gasteiger partial charge in [-0.15, -0.1) is 0 Å². The van der Waals surface area contributed by atoms with Crippen molar-refractivity contribution in [2.75, 3.05) is 0 Å². The van der Waals surface area contributed by atoms with E-state index in [0.29, 0.717) is 0 Å². The standard InChI is InChI=1S/H3O2P.Zn/c1-3-2;/h1-3H;. The van der Waals surface area contributed by atoms with Crippen LogP contribution in [0.2, 0.25) is 0 Å². The summed E-state index contributed by atoms with van der Waals surface area (Å²) < 4.78 is 0. The Bertz CT molecular complexity index is 6.00. The second-order valence-corrected chi connectivity index (χ2v) is 0.300. The van der Waals surface area contributed by atoms with E-state index in [4.69, 9.17) is 9.79 Å². The van der Waals surface area contributed by atoms with Gasteiger partial charge in [-0.2, -0.15) is 0 Å². The monoisotopic (exact) mass is 130 g/mol. The predicted molar refractivity (Wildman–Crippen MR) is 12.8 cm³/mol. The van der Waals surface area contributed by atoms with Crippen molar-refractivity contribution in [1.82, 2.24) is 0 Å². The van der Waals surface area contributed by atoms with E-state index in [0.717, 1.165) is 0 Å². The molecule has 0 aromatic rings. The van der Waals surface area contributed by atoms with Crippen LogP contribution >= 0.6 is 9.03 Å². The fraction of sp³-hybridized carbons (Fsp3) is 0. The minimum atomic E-state index is -0.917. The first-order chi connectivity index (χ1) is 1.41. The van der Waals surface area contributed by atoms with Gasteiger partial charge >= 0.3 is 0 Å². The van der Waals surface area contributed by atoms with Gasteiger partial charge in [-0.25, -0.2) is 0 Å². The third-order valence-corrected chi connectivity index (χ3v) is 0. The Morgan fingerprint density at radius 3 is 1.25 bits per heavy atom. The molecule has 22 valence electrons. The van der Waals surface area contributed by atoms with Crippen molar-refractivity contribution in [2.45, 2.75) is 0 Å². The Labute approximate surface area is 38.9 Å². The first-order valence-corrected chi connectivity index (χ1v) is 1.34. The zero-order chi connectivity index (χ0) is 2.71. The van der Waals surface area contributed by atoms with Gasteiger partial charge < -0.3 is 9.79 Å². The van der Waals surface area contributed by atoms with Crippen LogP contribution in [0.3, 0.4) is 0 Å². The first kappa shape index (κ1) is 8.88. The first-order valence-electron chi connectivity index (χ1n) is 0.447. The molecule has 0 rings (SSSR count). The van der Waals surface area contributed by atoms with Crippen LogP contribution in [0.5, 0.6) is 0 Å². The molecule has 0 unspecified atom stereocenters. The molecule has 2 N–H and O–H groups in total. The minimum absolute atomic E-state index is 0. The van der Waals surface area contributed by atoms with Crippen molar-refractivity contribution >= 4 is 9.03 Å². The summed E-state index contributed by atoms with van der Waals surface area (Å²) in [5.41, 5.74) is 0. The fourth-order valence-electron chi connectivity index (χ4n) is 0. The van der Waals surface area contributed by atoms with Gasteiger partial charge in [-0.1, -0.05) is 0 Å². The summed E-state index contributed by atoms with van der Waals surface area (Å²) in [5, 5.41) is 0. The third-order valence-electron chi connectivity index (χ3n) is 0. The number of hydrogen-bond acceptors (Lipinski definition) is 2. The topological polar surface area (TPSA) is 40.5 Å². The summed E-state index contributed by atoms with van der Waals surface area (Å²) in [6.07, 6.45) is 0. The maximum absolute atomic E-state index is 7.15. The molecule has 4 heteroatoms. The third kappa shape index (κ3) is 12.2.